The van der Waals surface area contributed by atoms with Crippen LogP contribution in [0.1, 0.15) is 24.8 Å². The number of allylic oxidation sites excluding steroid dienone is 1. The second kappa shape index (κ2) is 6.47. The van der Waals surface area contributed by atoms with Gasteiger partial charge in [0.15, 0.2) is 16.6 Å². The molecule has 6 heteroatoms. The Morgan fingerprint density at radius 2 is 2.17 bits per heavy atom. The lowest BCUT2D eigenvalue weighted by Crippen LogP contribution is -2.55. The van der Waals surface area contributed by atoms with Gasteiger partial charge in [-0.05, 0) is 36.6 Å². The number of rotatable bonds is 5. The van der Waals surface area contributed by atoms with Gasteiger partial charge in [-0.15, -0.1) is 0 Å². The van der Waals surface area contributed by atoms with E-state index in [4.69, 9.17) is 10.5 Å². The van der Waals surface area contributed by atoms with E-state index in [2.05, 4.69) is 5.32 Å². The van der Waals surface area contributed by atoms with Crippen molar-refractivity contribution in [3.05, 3.63) is 40.8 Å². The fraction of sp³-hybridized carbons (Fsp3) is 0.412. The smallest absolute Gasteiger partial charge is 0.179 e. The summed E-state index contributed by atoms with van der Waals surface area (Å²) in [5.74, 6) is 0.866. The van der Waals surface area contributed by atoms with Crippen LogP contribution in [0, 0.1) is 0 Å². The number of benzene rings is 1. The van der Waals surface area contributed by atoms with E-state index >= 15 is 0 Å². The summed E-state index contributed by atoms with van der Waals surface area (Å²) in [6.45, 7) is 0. The highest BCUT2D eigenvalue weighted by atomic mass is 32.2. The first-order valence-electron chi connectivity index (χ1n) is 7.66. The quantitative estimate of drug-likeness (QED) is 0.855. The van der Waals surface area contributed by atoms with Crippen LogP contribution in [0.15, 0.2) is 35.2 Å². The summed E-state index contributed by atoms with van der Waals surface area (Å²) in [4.78, 5) is 23.8. The topological polar surface area (TPSA) is 81.4 Å². The van der Waals surface area contributed by atoms with E-state index in [0.717, 1.165) is 16.2 Å². The third kappa shape index (κ3) is 3.49. The second-order valence-electron chi connectivity index (χ2n) is 5.86. The highest BCUT2D eigenvalue weighted by molar-refractivity contribution is 8.05. The minimum atomic E-state index is -1.12. The lowest BCUT2D eigenvalue weighted by Gasteiger charge is -2.22. The van der Waals surface area contributed by atoms with Gasteiger partial charge in [-0.3, -0.25) is 20.6 Å². The minimum absolute atomic E-state index is 0.0348. The van der Waals surface area contributed by atoms with Crippen molar-refractivity contribution in [1.29, 1.82) is 0 Å². The van der Waals surface area contributed by atoms with E-state index in [0.29, 0.717) is 25.7 Å². The van der Waals surface area contributed by atoms with Crippen molar-refractivity contribution < 1.29 is 14.3 Å². The SMILES string of the molecule is COc1ccc(CCC(=O)C2(N)NC3CCC(=O)C=C3S2)cc1. The molecule has 5 nitrogen and oxygen atoms in total. The highest BCUT2D eigenvalue weighted by Crippen LogP contribution is 2.41. The molecule has 1 aliphatic carbocycles. The Kier molecular flexibility index (Phi) is 4.57. The average Bonchev–Trinajstić information content (AvgIpc) is 2.89. The van der Waals surface area contributed by atoms with Crippen LogP contribution in [0.25, 0.3) is 0 Å². The van der Waals surface area contributed by atoms with Gasteiger partial charge in [0, 0.05) is 23.8 Å². The maximum Gasteiger partial charge on any atom is 0.179 e. The minimum Gasteiger partial charge on any atom is -0.497 e. The van der Waals surface area contributed by atoms with Crippen molar-refractivity contribution in [3.8, 4) is 5.75 Å². The zero-order valence-corrected chi connectivity index (χ0v) is 13.8. The number of carbonyl (C=O) groups is 2. The van der Waals surface area contributed by atoms with E-state index in [1.165, 1.54) is 11.8 Å². The molecule has 3 N–H and O–H groups in total. The van der Waals surface area contributed by atoms with Gasteiger partial charge in [0.25, 0.3) is 0 Å². The molecule has 0 aromatic heterocycles. The maximum atomic E-state index is 12.5. The lowest BCUT2D eigenvalue weighted by molar-refractivity contribution is -0.122. The number of methoxy groups -OCH3 is 1. The zero-order valence-electron chi connectivity index (χ0n) is 13.0. The standard InChI is InChI=1S/C17H20N2O3S/c1-22-13-6-2-11(3-7-13)4-9-16(21)17(18)19-14-8-5-12(20)10-15(14)23-17/h2-3,6-7,10,14,19H,4-5,8-9,18H2,1H3. The van der Waals surface area contributed by atoms with Crippen molar-refractivity contribution in [3.63, 3.8) is 0 Å². The largest absolute Gasteiger partial charge is 0.497 e. The molecule has 1 fully saturated rings. The predicted molar refractivity (Wildman–Crippen MR) is 90.1 cm³/mol. The van der Waals surface area contributed by atoms with E-state index in [-0.39, 0.29) is 17.6 Å². The fourth-order valence-corrected chi connectivity index (χ4v) is 4.15. The predicted octanol–water partition coefficient (Wildman–Crippen LogP) is 1.76. The van der Waals surface area contributed by atoms with Crippen LogP contribution in [0.3, 0.4) is 0 Å². The second-order valence-corrected chi connectivity index (χ2v) is 7.18. The van der Waals surface area contributed by atoms with Gasteiger partial charge < -0.3 is 4.74 Å². The first-order valence-corrected chi connectivity index (χ1v) is 8.48. The number of hydrogen-bond acceptors (Lipinski definition) is 6. The first-order chi connectivity index (χ1) is 11.0. The molecule has 3 rings (SSSR count). The molecule has 2 unspecified atom stereocenters. The Labute approximate surface area is 139 Å². The molecule has 1 aromatic rings. The van der Waals surface area contributed by atoms with Crippen molar-refractivity contribution >= 4 is 23.3 Å². The van der Waals surface area contributed by atoms with Crippen LogP contribution in [-0.2, 0) is 16.0 Å². The Hall–Kier alpha value is -1.63. The molecule has 122 valence electrons. The van der Waals surface area contributed by atoms with Crippen LogP contribution >= 0.6 is 11.8 Å². The molecule has 2 atom stereocenters. The summed E-state index contributed by atoms with van der Waals surface area (Å²) >= 11 is 1.29. The van der Waals surface area contributed by atoms with Crippen LogP contribution in [-0.4, -0.2) is 29.7 Å². The maximum absolute atomic E-state index is 12.5. The highest BCUT2D eigenvalue weighted by Gasteiger charge is 2.45. The van der Waals surface area contributed by atoms with Crippen molar-refractivity contribution in [1.82, 2.24) is 5.32 Å². The lowest BCUT2D eigenvalue weighted by atomic mass is 10.0. The Morgan fingerprint density at radius 1 is 1.43 bits per heavy atom. The van der Waals surface area contributed by atoms with Crippen LogP contribution < -0.4 is 15.8 Å². The van der Waals surface area contributed by atoms with Gasteiger partial charge in [0.05, 0.1) is 7.11 Å². The average molecular weight is 332 g/mol. The number of hydrogen-bond donors (Lipinski definition) is 2. The number of ether oxygens (including phenoxy) is 1. The van der Waals surface area contributed by atoms with Crippen molar-refractivity contribution in [2.24, 2.45) is 5.73 Å². The summed E-state index contributed by atoms with van der Waals surface area (Å²) in [6, 6.07) is 7.70. The van der Waals surface area contributed by atoms with Crippen LogP contribution in [0.2, 0.25) is 0 Å². The molecule has 1 heterocycles. The van der Waals surface area contributed by atoms with E-state index in [1.54, 1.807) is 13.2 Å². The molecule has 23 heavy (non-hydrogen) atoms. The molecular weight excluding hydrogens is 312 g/mol. The summed E-state index contributed by atoms with van der Waals surface area (Å²) in [5.41, 5.74) is 7.31. The zero-order chi connectivity index (χ0) is 16.4. The number of ketones is 2. The number of nitrogens with one attached hydrogen (secondary N) is 1. The van der Waals surface area contributed by atoms with Gasteiger partial charge in [0.1, 0.15) is 5.75 Å². The number of Topliss-reactive ketones (excluding diaryl/α,β-unsaturated/α-hetero) is 1. The molecule has 1 aliphatic heterocycles. The molecule has 0 radical (unpaired) electrons. The Bertz CT molecular complexity index is 656. The Balaban J connectivity index is 1.61. The van der Waals surface area contributed by atoms with Crippen molar-refractivity contribution in [2.75, 3.05) is 7.11 Å². The number of fused-ring (bicyclic) bond motifs is 1. The summed E-state index contributed by atoms with van der Waals surface area (Å²) in [7, 11) is 1.62. The molecule has 0 spiro atoms. The van der Waals surface area contributed by atoms with Crippen LogP contribution in [0.4, 0.5) is 0 Å². The van der Waals surface area contributed by atoms with Gasteiger partial charge in [-0.2, -0.15) is 0 Å². The molecule has 2 aliphatic rings. The molecule has 1 aromatic carbocycles. The number of carbonyl (C=O) groups excluding carboxylic acids is 2. The molecule has 0 amide bonds. The molecule has 0 saturated carbocycles. The van der Waals surface area contributed by atoms with E-state index < -0.39 is 4.99 Å². The van der Waals surface area contributed by atoms with Crippen molar-refractivity contribution in [2.45, 2.75) is 36.7 Å². The fourth-order valence-electron chi connectivity index (χ4n) is 2.85. The summed E-state index contributed by atoms with van der Waals surface area (Å²) in [5, 5.41) is 3.19. The number of nitrogens with two attached hydrogens (primary N) is 1. The number of thioether (sulfide) groups is 1. The molecule has 1 saturated heterocycles. The third-order valence-electron chi connectivity index (χ3n) is 4.21. The van der Waals surface area contributed by atoms with Gasteiger partial charge in [-0.25, -0.2) is 0 Å². The van der Waals surface area contributed by atoms with E-state index in [1.807, 2.05) is 24.3 Å². The number of aryl methyl sites for hydroxylation is 1. The molecular formula is C17H20N2O3S. The third-order valence-corrected chi connectivity index (χ3v) is 5.51. The summed E-state index contributed by atoms with van der Waals surface area (Å²) in [6.07, 6.45) is 3.83. The van der Waals surface area contributed by atoms with Gasteiger partial charge in [-0.1, -0.05) is 23.9 Å². The van der Waals surface area contributed by atoms with Crippen LogP contribution in [0.5, 0.6) is 5.75 Å². The Morgan fingerprint density at radius 3 is 2.87 bits per heavy atom. The molecule has 0 bridgehead atoms. The van der Waals surface area contributed by atoms with E-state index in [9.17, 15) is 9.59 Å². The first kappa shape index (κ1) is 16.2. The monoisotopic (exact) mass is 332 g/mol. The normalized spacial score (nSPS) is 26.6. The van der Waals surface area contributed by atoms with Gasteiger partial charge >= 0.3 is 0 Å². The summed E-state index contributed by atoms with van der Waals surface area (Å²) < 4.78 is 5.12. The van der Waals surface area contributed by atoms with Gasteiger partial charge in [0.2, 0.25) is 0 Å².